The quantitative estimate of drug-likeness (QED) is 0.719. The number of ether oxygens (including phenoxy) is 1. The van der Waals surface area contributed by atoms with Crippen LogP contribution >= 0.6 is 0 Å². The van der Waals surface area contributed by atoms with Gasteiger partial charge in [-0.25, -0.2) is 4.79 Å². The lowest BCUT2D eigenvalue weighted by atomic mass is 9.81. The summed E-state index contributed by atoms with van der Waals surface area (Å²) in [7, 11) is 0. The zero-order chi connectivity index (χ0) is 22.6. The molecule has 0 saturated carbocycles. The fourth-order valence-corrected chi connectivity index (χ4v) is 3.79. The Morgan fingerprint density at radius 1 is 1.42 bits per heavy atom. The Balaban J connectivity index is 0.000000339. The first-order valence-electron chi connectivity index (χ1n) is 9.43. The summed E-state index contributed by atoms with van der Waals surface area (Å²) < 4.78 is 47.7. The van der Waals surface area contributed by atoms with Gasteiger partial charge in [0.1, 0.15) is 5.76 Å². The Labute approximate surface area is 175 Å². The molecule has 2 N–H and O–H groups in total. The molecular weight excluding hydrogens is 423 g/mol. The lowest BCUT2D eigenvalue weighted by Gasteiger charge is -2.27. The van der Waals surface area contributed by atoms with Gasteiger partial charge in [-0.05, 0) is 19.1 Å². The zero-order valence-corrected chi connectivity index (χ0v) is 16.6. The van der Waals surface area contributed by atoms with E-state index >= 15 is 0 Å². The van der Waals surface area contributed by atoms with E-state index in [0.717, 1.165) is 37.7 Å². The van der Waals surface area contributed by atoms with Gasteiger partial charge in [0.25, 0.3) is 5.91 Å². The molecule has 12 heteroatoms. The number of hydrogen-bond donors (Lipinski definition) is 2. The molecule has 4 heterocycles. The molecule has 2 saturated heterocycles. The molecule has 0 unspecified atom stereocenters. The van der Waals surface area contributed by atoms with Gasteiger partial charge in [-0.3, -0.25) is 9.69 Å². The van der Waals surface area contributed by atoms with E-state index < -0.39 is 12.1 Å². The molecule has 0 aliphatic carbocycles. The molecule has 9 nitrogen and oxygen atoms in total. The third kappa shape index (κ3) is 5.64. The van der Waals surface area contributed by atoms with Gasteiger partial charge >= 0.3 is 12.1 Å². The summed E-state index contributed by atoms with van der Waals surface area (Å²) in [5, 5.41) is 14.2. The number of rotatable bonds is 5. The van der Waals surface area contributed by atoms with Crippen molar-refractivity contribution in [2.45, 2.75) is 19.6 Å². The molecule has 0 radical (unpaired) electrons. The van der Waals surface area contributed by atoms with Gasteiger partial charge in [0.05, 0.1) is 25.2 Å². The topological polar surface area (TPSA) is 118 Å². The van der Waals surface area contributed by atoms with Crippen molar-refractivity contribution in [1.82, 2.24) is 15.4 Å². The molecule has 4 rings (SSSR count). The number of nitrogens with one attached hydrogen (secondary N) is 1. The molecule has 2 aliphatic heterocycles. The van der Waals surface area contributed by atoms with Crippen molar-refractivity contribution >= 4 is 11.9 Å². The number of likely N-dealkylation sites (tertiary alicyclic amines) is 1. The first kappa shape index (κ1) is 22.8. The highest BCUT2D eigenvalue weighted by atomic mass is 19.4. The lowest BCUT2D eigenvalue weighted by molar-refractivity contribution is -0.192. The molecule has 0 spiro atoms. The summed E-state index contributed by atoms with van der Waals surface area (Å²) in [6, 6.07) is 5.35. The molecule has 2 aromatic heterocycles. The van der Waals surface area contributed by atoms with Crippen LogP contribution in [0.5, 0.6) is 0 Å². The Bertz CT molecular complexity index is 898. The molecule has 170 valence electrons. The molecule has 31 heavy (non-hydrogen) atoms. The molecule has 2 aromatic rings. The number of halogens is 3. The van der Waals surface area contributed by atoms with Crippen LogP contribution in [0.4, 0.5) is 13.2 Å². The van der Waals surface area contributed by atoms with Crippen molar-refractivity contribution in [3.05, 3.63) is 41.7 Å². The van der Waals surface area contributed by atoms with Crippen LogP contribution in [-0.2, 0) is 16.1 Å². The van der Waals surface area contributed by atoms with Crippen LogP contribution in [0.1, 0.15) is 22.0 Å². The normalized spacial score (nSPS) is 23.2. The summed E-state index contributed by atoms with van der Waals surface area (Å²) in [6.45, 7) is 6.49. The molecule has 0 aromatic carbocycles. The number of aryl methyl sites for hydroxylation is 1. The number of aliphatic carboxylic acids is 1. The van der Waals surface area contributed by atoms with Crippen molar-refractivity contribution in [1.29, 1.82) is 0 Å². The van der Waals surface area contributed by atoms with Crippen LogP contribution in [0.2, 0.25) is 0 Å². The number of carboxylic acids is 1. The van der Waals surface area contributed by atoms with E-state index in [-0.39, 0.29) is 11.3 Å². The standard InChI is InChI=1S/C17H21N3O4.C2HF3O2/c1-12-5-14(19-24-12)7-20-6-13-8-22-11-17(13,10-20)9-18-16(21)15-3-2-4-23-15;3-2(4,5)1(6)7/h2-5,13H,6-11H2,1H3,(H,18,21);(H,6,7)/t13-,17+;/m1./s1. The van der Waals surface area contributed by atoms with Gasteiger partial charge in [0.2, 0.25) is 0 Å². The number of carboxylic acid groups (broad SMARTS) is 1. The number of nitrogens with zero attached hydrogens (tertiary/aromatic N) is 2. The number of carbonyl (C=O) groups excluding carboxylic acids is 1. The molecule has 1 amide bonds. The smallest absolute Gasteiger partial charge is 0.475 e. The minimum absolute atomic E-state index is 0.0406. The van der Waals surface area contributed by atoms with Crippen molar-refractivity contribution in [2.24, 2.45) is 11.3 Å². The molecule has 2 aliphatic rings. The second-order valence-corrected chi connectivity index (χ2v) is 7.64. The van der Waals surface area contributed by atoms with E-state index in [2.05, 4.69) is 15.4 Å². The average molecular weight is 445 g/mol. The first-order chi connectivity index (χ1) is 14.6. The van der Waals surface area contributed by atoms with Gasteiger partial charge in [-0.2, -0.15) is 13.2 Å². The Kier molecular flexibility index (Phi) is 6.70. The van der Waals surface area contributed by atoms with Gasteiger partial charge in [0.15, 0.2) is 5.76 Å². The van der Waals surface area contributed by atoms with E-state index in [1.165, 1.54) is 6.26 Å². The van der Waals surface area contributed by atoms with Crippen LogP contribution in [0, 0.1) is 18.3 Å². The molecule has 0 bridgehead atoms. The SMILES string of the molecule is Cc1cc(CN2C[C@@H]3COC[C@]3(CNC(=O)c3ccco3)C2)no1.O=C(O)C(F)(F)F. The van der Waals surface area contributed by atoms with Gasteiger partial charge < -0.3 is 24.1 Å². The van der Waals surface area contributed by atoms with E-state index in [1.54, 1.807) is 12.1 Å². The average Bonchev–Trinajstić information content (AvgIpc) is 3.44. The largest absolute Gasteiger partial charge is 0.490 e. The van der Waals surface area contributed by atoms with Gasteiger partial charge in [0, 0.05) is 43.6 Å². The summed E-state index contributed by atoms with van der Waals surface area (Å²) in [5.74, 6) is -1.34. The number of carbonyl (C=O) groups is 2. The number of furan rings is 1. The van der Waals surface area contributed by atoms with E-state index in [1.807, 2.05) is 13.0 Å². The predicted octanol–water partition coefficient (Wildman–Crippen LogP) is 2.09. The second-order valence-electron chi connectivity index (χ2n) is 7.64. The maximum Gasteiger partial charge on any atom is 0.490 e. The van der Waals surface area contributed by atoms with Gasteiger partial charge in [-0.15, -0.1) is 0 Å². The predicted molar refractivity (Wildman–Crippen MR) is 98.0 cm³/mol. The summed E-state index contributed by atoms with van der Waals surface area (Å²) in [6.07, 6.45) is -3.58. The maximum atomic E-state index is 12.1. The monoisotopic (exact) mass is 445 g/mol. The van der Waals surface area contributed by atoms with Crippen molar-refractivity contribution in [2.75, 3.05) is 32.8 Å². The van der Waals surface area contributed by atoms with Crippen LogP contribution in [0.25, 0.3) is 0 Å². The van der Waals surface area contributed by atoms with Crippen LogP contribution < -0.4 is 5.32 Å². The Hall–Kier alpha value is -2.86. The number of amides is 1. The highest BCUT2D eigenvalue weighted by Gasteiger charge is 2.50. The van der Waals surface area contributed by atoms with Crippen LogP contribution in [-0.4, -0.2) is 66.1 Å². The number of alkyl halides is 3. The minimum Gasteiger partial charge on any atom is -0.475 e. The molecule has 2 atom stereocenters. The van der Waals surface area contributed by atoms with E-state index in [0.29, 0.717) is 24.8 Å². The minimum atomic E-state index is -5.08. The molecule has 2 fully saturated rings. The number of fused-ring (bicyclic) bond motifs is 1. The van der Waals surface area contributed by atoms with E-state index in [4.69, 9.17) is 23.6 Å². The van der Waals surface area contributed by atoms with Crippen LogP contribution in [0.15, 0.2) is 33.4 Å². The molecular formula is C19H22F3N3O6. The van der Waals surface area contributed by atoms with Crippen LogP contribution in [0.3, 0.4) is 0 Å². The number of hydrogen-bond acceptors (Lipinski definition) is 7. The summed E-state index contributed by atoms with van der Waals surface area (Å²) in [5.41, 5.74) is 0.907. The Morgan fingerprint density at radius 2 is 2.16 bits per heavy atom. The van der Waals surface area contributed by atoms with Crippen molar-refractivity contribution in [3.8, 4) is 0 Å². The second kappa shape index (κ2) is 9.10. The zero-order valence-electron chi connectivity index (χ0n) is 16.6. The highest BCUT2D eigenvalue weighted by molar-refractivity contribution is 5.91. The van der Waals surface area contributed by atoms with Gasteiger partial charge in [-0.1, -0.05) is 5.16 Å². The first-order valence-corrected chi connectivity index (χ1v) is 9.43. The Morgan fingerprint density at radius 3 is 2.74 bits per heavy atom. The summed E-state index contributed by atoms with van der Waals surface area (Å²) in [4.78, 5) is 23.4. The fourth-order valence-electron chi connectivity index (χ4n) is 3.79. The van der Waals surface area contributed by atoms with Crippen molar-refractivity contribution in [3.63, 3.8) is 0 Å². The van der Waals surface area contributed by atoms with Crippen molar-refractivity contribution < 1.29 is 41.5 Å². The third-order valence-corrected chi connectivity index (χ3v) is 5.24. The summed E-state index contributed by atoms with van der Waals surface area (Å²) >= 11 is 0. The lowest BCUT2D eigenvalue weighted by Crippen LogP contribution is -2.43. The highest BCUT2D eigenvalue weighted by Crippen LogP contribution is 2.41. The third-order valence-electron chi connectivity index (χ3n) is 5.24. The number of aromatic nitrogens is 1. The maximum absolute atomic E-state index is 12.1. The van der Waals surface area contributed by atoms with E-state index in [9.17, 15) is 18.0 Å². The fraction of sp³-hybridized carbons (Fsp3) is 0.526.